The molecule has 0 aliphatic rings. The molecule has 2 N–H and O–H groups in total. The van der Waals surface area contributed by atoms with Gasteiger partial charge in [0.05, 0.1) is 11.9 Å². The van der Waals surface area contributed by atoms with Crippen LogP contribution in [-0.4, -0.2) is 34.1 Å². The standard InChI is InChI=1S/C10H15N3O2/c1-8-6-13-9(7-12-8)10(15)11-4-2-3-5-14/h6-7,14H,2-5H2,1H3,(H,11,15). The molecule has 5 heteroatoms. The van der Waals surface area contributed by atoms with Gasteiger partial charge in [0, 0.05) is 19.3 Å². The highest BCUT2D eigenvalue weighted by atomic mass is 16.2. The van der Waals surface area contributed by atoms with E-state index in [0.717, 1.165) is 12.1 Å². The van der Waals surface area contributed by atoms with Crippen LogP contribution in [0.15, 0.2) is 12.4 Å². The van der Waals surface area contributed by atoms with Crippen LogP contribution in [0.25, 0.3) is 0 Å². The summed E-state index contributed by atoms with van der Waals surface area (Å²) in [5.41, 5.74) is 1.11. The number of aromatic nitrogens is 2. The van der Waals surface area contributed by atoms with Crippen molar-refractivity contribution >= 4 is 5.91 Å². The summed E-state index contributed by atoms with van der Waals surface area (Å²) in [7, 11) is 0. The third-order valence-corrected chi connectivity index (χ3v) is 1.88. The zero-order valence-electron chi connectivity index (χ0n) is 8.73. The molecule has 1 amide bonds. The Balaban J connectivity index is 2.37. The molecule has 1 aromatic heterocycles. The highest BCUT2D eigenvalue weighted by Gasteiger charge is 2.05. The van der Waals surface area contributed by atoms with Crippen molar-refractivity contribution in [2.24, 2.45) is 0 Å². The molecular weight excluding hydrogens is 194 g/mol. The van der Waals surface area contributed by atoms with Gasteiger partial charge in [0.15, 0.2) is 0 Å². The maximum absolute atomic E-state index is 11.4. The summed E-state index contributed by atoms with van der Waals surface area (Å²) < 4.78 is 0. The van der Waals surface area contributed by atoms with E-state index in [1.807, 2.05) is 6.92 Å². The first-order valence-corrected chi connectivity index (χ1v) is 4.91. The van der Waals surface area contributed by atoms with Crippen LogP contribution in [0.5, 0.6) is 0 Å². The number of rotatable bonds is 5. The molecule has 0 aliphatic carbocycles. The van der Waals surface area contributed by atoms with Gasteiger partial charge in [-0.05, 0) is 19.8 Å². The number of unbranched alkanes of at least 4 members (excludes halogenated alkanes) is 1. The topological polar surface area (TPSA) is 75.1 Å². The summed E-state index contributed by atoms with van der Waals surface area (Å²) in [6.45, 7) is 2.52. The van der Waals surface area contributed by atoms with Crippen molar-refractivity contribution in [1.82, 2.24) is 15.3 Å². The summed E-state index contributed by atoms with van der Waals surface area (Å²) >= 11 is 0. The third-order valence-electron chi connectivity index (χ3n) is 1.88. The lowest BCUT2D eigenvalue weighted by molar-refractivity contribution is 0.0946. The van der Waals surface area contributed by atoms with Gasteiger partial charge in [-0.1, -0.05) is 0 Å². The molecule has 1 aromatic rings. The van der Waals surface area contributed by atoms with Gasteiger partial charge in [-0.3, -0.25) is 9.78 Å². The second-order valence-corrected chi connectivity index (χ2v) is 3.23. The molecule has 0 radical (unpaired) electrons. The smallest absolute Gasteiger partial charge is 0.271 e. The van der Waals surface area contributed by atoms with Crippen molar-refractivity contribution in [3.63, 3.8) is 0 Å². The average Bonchev–Trinajstić information content (AvgIpc) is 2.25. The third kappa shape index (κ3) is 4.03. The number of aliphatic hydroxyl groups is 1. The zero-order valence-corrected chi connectivity index (χ0v) is 8.73. The van der Waals surface area contributed by atoms with Crippen molar-refractivity contribution in [3.05, 3.63) is 23.8 Å². The predicted molar refractivity (Wildman–Crippen MR) is 55.4 cm³/mol. The van der Waals surface area contributed by atoms with E-state index >= 15 is 0 Å². The fourth-order valence-electron chi connectivity index (χ4n) is 1.04. The van der Waals surface area contributed by atoms with Gasteiger partial charge in [-0.25, -0.2) is 4.98 Å². The first-order valence-electron chi connectivity index (χ1n) is 4.91. The molecule has 82 valence electrons. The summed E-state index contributed by atoms with van der Waals surface area (Å²) in [4.78, 5) is 19.4. The van der Waals surface area contributed by atoms with Crippen LogP contribution in [0, 0.1) is 6.92 Å². The van der Waals surface area contributed by atoms with Crippen LogP contribution < -0.4 is 5.32 Å². The molecular formula is C10H15N3O2. The van der Waals surface area contributed by atoms with E-state index in [1.54, 1.807) is 6.20 Å². The Hall–Kier alpha value is -1.49. The van der Waals surface area contributed by atoms with E-state index in [1.165, 1.54) is 6.20 Å². The summed E-state index contributed by atoms with van der Waals surface area (Å²) in [5.74, 6) is -0.222. The minimum atomic E-state index is -0.222. The predicted octanol–water partition coefficient (Wildman–Crippen LogP) is 0.287. The number of amides is 1. The molecule has 0 bridgehead atoms. The van der Waals surface area contributed by atoms with Crippen LogP contribution in [-0.2, 0) is 0 Å². The molecule has 5 nitrogen and oxygen atoms in total. The van der Waals surface area contributed by atoms with Gasteiger partial charge in [0.2, 0.25) is 0 Å². The van der Waals surface area contributed by atoms with Crippen LogP contribution >= 0.6 is 0 Å². The summed E-state index contributed by atoms with van der Waals surface area (Å²) in [5, 5.41) is 11.2. The SMILES string of the molecule is Cc1cnc(C(=O)NCCCCO)cn1. The van der Waals surface area contributed by atoms with Gasteiger partial charge in [-0.15, -0.1) is 0 Å². The fraction of sp³-hybridized carbons (Fsp3) is 0.500. The second kappa shape index (κ2) is 6.08. The van der Waals surface area contributed by atoms with E-state index < -0.39 is 0 Å². The number of carbonyl (C=O) groups excluding carboxylic acids is 1. The van der Waals surface area contributed by atoms with Crippen LogP contribution in [0.4, 0.5) is 0 Å². The lowest BCUT2D eigenvalue weighted by Gasteiger charge is -2.03. The van der Waals surface area contributed by atoms with Gasteiger partial charge in [0.25, 0.3) is 5.91 Å². The second-order valence-electron chi connectivity index (χ2n) is 3.23. The van der Waals surface area contributed by atoms with E-state index in [-0.39, 0.29) is 12.5 Å². The van der Waals surface area contributed by atoms with Crippen LogP contribution in [0.1, 0.15) is 29.0 Å². The lowest BCUT2D eigenvalue weighted by Crippen LogP contribution is -2.25. The van der Waals surface area contributed by atoms with E-state index in [2.05, 4.69) is 15.3 Å². The van der Waals surface area contributed by atoms with E-state index in [4.69, 9.17) is 5.11 Å². The van der Waals surface area contributed by atoms with Gasteiger partial charge in [-0.2, -0.15) is 0 Å². The van der Waals surface area contributed by atoms with Crippen molar-refractivity contribution in [2.45, 2.75) is 19.8 Å². The van der Waals surface area contributed by atoms with Crippen LogP contribution in [0.3, 0.4) is 0 Å². The minimum absolute atomic E-state index is 0.153. The molecule has 0 aromatic carbocycles. The first kappa shape index (κ1) is 11.6. The van der Waals surface area contributed by atoms with Crippen molar-refractivity contribution in [3.8, 4) is 0 Å². The summed E-state index contributed by atoms with van der Waals surface area (Å²) in [6.07, 6.45) is 4.47. The molecule has 1 heterocycles. The number of aryl methyl sites for hydroxylation is 1. The number of nitrogens with zero attached hydrogens (tertiary/aromatic N) is 2. The van der Waals surface area contributed by atoms with Crippen molar-refractivity contribution < 1.29 is 9.90 Å². The maximum atomic E-state index is 11.4. The number of nitrogens with one attached hydrogen (secondary N) is 1. The largest absolute Gasteiger partial charge is 0.396 e. The minimum Gasteiger partial charge on any atom is -0.396 e. The lowest BCUT2D eigenvalue weighted by atomic mass is 10.3. The normalized spacial score (nSPS) is 10.0. The Kier molecular flexibility index (Phi) is 4.70. The summed E-state index contributed by atoms with van der Waals surface area (Å²) in [6, 6.07) is 0. The highest BCUT2D eigenvalue weighted by molar-refractivity contribution is 5.91. The van der Waals surface area contributed by atoms with Crippen LogP contribution in [0.2, 0.25) is 0 Å². The molecule has 0 saturated heterocycles. The van der Waals surface area contributed by atoms with Gasteiger partial charge < -0.3 is 10.4 Å². The molecule has 1 rings (SSSR count). The molecule has 0 unspecified atom stereocenters. The highest BCUT2D eigenvalue weighted by Crippen LogP contribution is 1.94. The van der Waals surface area contributed by atoms with E-state index in [9.17, 15) is 4.79 Å². The molecule has 0 saturated carbocycles. The van der Waals surface area contributed by atoms with Gasteiger partial charge >= 0.3 is 0 Å². The van der Waals surface area contributed by atoms with Crippen molar-refractivity contribution in [2.75, 3.05) is 13.2 Å². The molecule has 0 spiro atoms. The molecule has 0 fully saturated rings. The number of aliphatic hydroxyl groups excluding tert-OH is 1. The number of hydrogen-bond donors (Lipinski definition) is 2. The van der Waals surface area contributed by atoms with Crippen molar-refractivity contribution in [1.29, 1.82) is 0 Å². The number of hydrogen-bond acceptors (Lipinski definition) is 4. The maximum Gasteiger partial charge on any atom is 0.271 e. The number of carbonyl (C=O) groups is 1. The Morgan fingerprint density at radius 2 is 2.20 bits per heavy atom. The molecule has 0 aliphatic heterocycles. The zero-order chi connectivity index (χ0) is 11.1. The molecule has 15 heavy (non-hydrogen) atoms. The Morgan fingerprint density at radius 3 is 2.80 bits per heavy atom. The average molecular weight is 209 g/mol. The first-order chi connectivity index (χ1) is 7.24. The Morgan fingerprint density at radius 1 is 1.40 bits per heavy atom. The Bertz CT molecular complexity index is 311. The quantitative estimate of drug-likeness (QED) is 0.683. The van der Waals surface area contributed by atoms with Gasteiger partial charge in [0.1, 0.15) is 5.69 Å². The monoisotopic (exact) mass is 209 g/mol. The Labute approximate surface area is 88.6 Å². The fourth-order valence-corrected chi connectivity index (χ4v) is 1.04. The molecule has 0 atom stereocenters. The van der Waals surface area contributed by atoms with E-state index in [0.29, 0.717) is 18.7 Å².